The Kier molecular flexibility index (Phi) is 12.2. The Bertz CT molecular complexity index is 916. The second-order valence-electron chi connectivity index (χ2n) is 6.54. The summed E-state index contributed by atoms with van der Waals surface area (Å²) in [6, 6.07) is 13.6. The lowest BCUT2D eigenvalue weighted by Crippen LogP contribution is -3.00. The third-order valence-corrected chi connectivity index (χ3v) is 5.06. The summed E-state index contributed by atoms with van der Waals surface area (Å²) >= 11 is 12.2. The average molecular weight is 576 g/mol. The molecule has 8 heteroatoms. The molecule has 2 aromatic heterocycles. The normalized spacial score (nSPS) is 10.4. The fourth-order valence-corrected chi connectivity index (χ4v) is 3.20. The molecule has 0 aliphatic heterocycles. The third kappa shape index (κ3) is 8.34. The molecular formula is C22H23Br2Cl2N3O. The van der Waals surface area contributed by atoms with E-state index in [1.165, 1.54) is 5.56 Å². The molecule has 0 spiro atoms. The quantitative estimate of drug-likeness (QED) is 0.183. The molecule has 0 amide bonds. The number of aryl methyl sites for hydroxylation is 3. The molecule has 0 fully saturated rings. The number of benzene rings is 1. The van der Waals surface area contributed by atoms with Gasteiger partial charge in [0.05, 0.1) is 12.6 Å². The van der Waals surface area contributed by atoms with Crippen molar-refractivity contribution in [1.29, 1.82) is 0 Å². The van der Waals surface area contributed by atoms with E-state index < -0.39 is 0 Å². The van der Waals surface area contributed by atoms with Gasteiger partial charge < -0.3 is 38.8 Å². The molecule has 2 heterocycles. The summed E-state index contributed by atoms with van der Waals surface area (Å²) in [7, 11) is 0. The number of halogens is 4. The Hall–Kier alpha value is -1.47. The van der Waals surface area contributed by atoms with Crippen molar-refractivity contribution in [2.45, 2.75) is 33.0 Å². The van der Waals surface area contributed by atoms with Crippen molar-refractivity contribution in [3.63, 3.8) is 0 Å². The molecule has 0 bridgehead atoms. The van der Waals surface area contributed by atoms with E-state index in [1.807, 2.05) is 24.5 Å². The summed E-state index contributed by atoms with van der Waals surface area (Å²) in [6.07, 6.45) is 11.1. The van der Waals surface area contributed by atoms with Crippen LogP contribution in [0.15, 0.2) is 72.4 Å². The van der Waals surface area contributed by atoms with E-state index in [2.05, 4.69) is 45.7 Å². The molecular weight excluding hydrogens is 553 g/mol. The molecule has 3 rings (SSSR count). The van der Waals surface area contributed by atoms with Gasteiger partial charge in [-0.05, 0) is 24.6 Å². The summed E-state index contributed by atoms with van der Waals surface area (Å²) in [5.41, 5.74) is 2.98. The third-order valence-electron chi connectivity index (χ3n) is 4.35. The molecule has 0 aliphatic carbocycles. The first kappa shape index (κ1) is 26.6. The fourth-order valence-electron chi connectivity index (χ4n) is 2.69. The first-order chi connectivity index (χ1) is 13.6. The number of pyridine rings is 2. The largest absolute Gasteiger partial charge is 1.00 e. The molecule has 0 atom stereocenters. The SMILES string of the molecule is Cc1cc[n+](CCC[n+]2ccc(/C=N/OCc3c(Cl)cccc3Cl)cc2)cc1.[Br-].[Br-]. The highest BCUT2D eigenvalue weighted by molar-refractivity contribution is 6.35. The number of hydrogen-bond donors (Lipinski definition) is 0. The molecule has 0 radical (unpaired) electrons. The van der Waals surface area contributed by atoms with Crippen molar-refractivity contribution in [1.82, 2.24) is 0 Å². The summed E-state index contributed by atoms with van der Waals surface area (Å²) in [6.45, 7) is 4.29. The topological polar surface area (TPSA) is 29.3 Å². The van der Waals surface area contributed by atoms with Gasteiger partial charge in [0, 0.05) is 45.4 Å². The average Bonchev–Trinajstić information content (AvgIpc) is 2.70. The standard InChI is InChI=1S/C22H23Cl2N3O.2BrH/c1-18-6-12-26(13-7-18)10-3-11-27-14-8-19(9-15-27)16-25-28-17-20-21(23)4-2-5-22(20)24;;/h2,4-9,12-16H,3,10-11,17H2,1H3;2*1H/q+2;;/p-2/b25-16+;;. The lowest BCUT2D eigenvalue weighted by molar-refractivity contribution is -0.726. The smallest absolute Gasteiger partial charge is 0.169 e. The second-order valence-corrected chi connectivity index (χ2v) is 7.36. The summed E-state index contributed by atoms with van der Waals surface area (Å²) < 4.78 is 4.37. The molecule has 0 aliphatic rings. The van der Waals surface area contributed by atoms with Gasteiger partial charge in [-0.25, -0.2) is 9.13 Å². The van der Waals surface area contributed by atoms with Gasteiger partial charge in [-0.3, -0.25) is 0 Å². The van der Waals surface area contributed by atoms with Gasteiger partial charge in [0.15, 0.2) is 37.9 Å². The van der Waals surface area contributed by atoms with Gasteiger partial charge in [0.25, 0.3) is 0 Å². The second kappa shape index (κ2) is 13.8. The van der Waals surface area contributed by atoms with Crippen molar-refractivity contribution < 1.29 is 47.9 Å². The maximum Gasteiger partial charge on any atom is 0.169 e. The maximum absolute atomic E-state index is 6.11. The molecule has 30 heavy (non-hydrogen) atoms. The highest BCUT2D eigenvalue weighted by Gasteiger charge is 2.06. The molecule has 0 unspecified atom stereocenters. The van der Waals surface area contributed by atoms with Crippen LogP contribution in [0.5, 0.6) is 0 Å². The van der Waals surface area contributed by atoms with Crippen LogP contribution in [0.3, 0.4) is 0 Å². The van der Waals surface area contributed by atoms with E-state index in [0.29, 0.717) is 10.0 Å². The highest BCUT2D eigenvalue weighted by atomic mass is 79.9. The minimum atomic E-state index is 0. The van der Waals surface area contributed by atoms with Crippen LogP contribution in [-0.4, -0.2) is 6.21 Å². The van der Waals surface area contributed by atoms with Gasteiger partial charge in [-0.1, -0.05) is 34.4 Å². The molecule has 160 valence electrons. The Balaban J connectivity index is 0.00000225. The van der Waals surface area contributed by atoms with E-state index >= 15 is 0 Å². The van der Waals surface area contributed by atoms with E-state index in [0.717, 1.165) is 30.6 Å². The van der Waals surface area contributed by atoms with E-state index in [-0.39, 0.29) is 40.6 Å². The van der Waals surface area contributed by atoms with Crippen molar-refractivity contribution in [2.24, 2.45) is 5.16 Å². The van der Waals surface area contributed by atoms with Gasteiger partial charge >= 0.3 is 0 Å². The minimum Gasteiger partial charge on any atom is -1.00 e. The number of aromatic nitrogens is 2. The van der Waals surface area contributed by atoms with Crippen LogP contribution in [-0.2, 0) is 24.5 Å². The Morgan fingerprint density at radius 1 is 0.867 bits per heavy atom. The number of rotatable bonds is 8. The summed E-state index contributed by atoms with van der Waals surface area (Å²) in [4.78, 5) is 5.33. The zero-order valence-corrected chi connectivity index (χ0v) is 21.2. The van der Waals surface area contributed by atoms with E-state index in [4.69, 9.17) is 28.0 Å². The molecule has 0 saturated carbocycles. The van der Waals surface area contributed by atoms with Crippen LogP contribution in [0.25, 0.3) is 0 Å². The van der Waals surface area contributed by atoms with Crippen molar-refractivity contribution in [2.75, 3.05) is 0 Å². The molecule has 3 aromatic rings. The molecule has 0 N–H and O–H groups in total. The maximum atomic E-state index is 6.11. The van der Waals surface area contributed by atoms with Crippen molar-refractivity contribution in [3.8, 4) is 0 Å². The van der Waals surface area contributed by atoms with Gasteiger partial charge in [-0.15, -0.1) is 0 Å². The summed E-state index contributed by atoms with van der Waals surface area (Å²) in [5.74, 6) is 0. The highest BCUT2D eigenvalue weighted by Crippen LogP contribution is 2.24. The predicted molar refractivity (Wildman–Crippen MR) is 111 cm³/mol. The van der Waals surface area contributed by atoms with Crippen LogP contribution >= 0.6 is 23.2 Å². The number of oxime groups is 1. The van der Waals surface area contributed by atoms with Gasteiger partial charge in [-0.2, -0.15) is 0 Å². The van der Waals surface area contributed by atoms with Crippen molar-refractivity contribution >= 4 is 29.4 Å². The first-order valence-corrected chi connectivity index (χ1v) is 9.90. The van der Waals surface area contributed by atoms with Crippen LogP contribution in [0.4, 0.5) is 0 Å². The minimum absolute atomic E-state index is 0. The monoisotopic (exact) mass is 573 g/mol. The van der Waals surface area contributed by atoms with Crippen LogP contribution < -0.4 is 43.1 Å². The Morgan fingerprint density at radius 2 is 1.40 bits per heavy atom. The van der Waals surface area contributed by atoms with Crippen LogP contribution in [0.1, 0.15) is 23.1 Å². The number of hydrogen-bond acceptors (Lipinski definition) is 2. The van der Waals surface area contributed by atoms with Crippen LogP contribution in [0, 0.1) is 6.92 Å². The zero-order chi connectivity index (χ0) is 19.8. The van der Waals surface area contributed by atoms with Crippen LogP contribution in [0.2, 0.25) is 10.0 Å². The summed E-state index contributed by atoms with van der Waals surface area (Å²) in [5, 5.41) is 5.16. The van der Waals surface area contributed by atoms with E-state index in [1.54, 1.807) is 24.4 Å². The van der Waals surface area contributed by atoms with Gasteiger partial charge in [0.1, 0.15) is 6.61 Å². The fraction of sp³-hybridized carbons (Fsp3) is 0.227. The zero-order valence-electron chi connectivity index (χ0n) is 16.5. The molecule has 1 aromatic carbocycles. The molecule has 4 nitrogen and oxygen atoms in total. The lowest BCUT2D eigenvalue weighted by Gasteiger charge is -2.04. The predicted octanol–water partition coefficient (Wildman–Crippen LogP) is -1.47. The Labute approximate surface area is 208 Å². The Morgan fingerprint density at radius 3 is 1.97 bits per heavy atom. The van der Waals surface area contributed by atoms with Gasteiger partial charge in [0.2, 0.25) is 0 Å². The van der Waals surface area contributed by atoms with Crippen molar-refractivity contribution in [3.05, 3.63) is 94.0 Å². The van der Waals surface area contributed by atoms with E-state index in [9.17, 15) is 0 Å². The molecule has 0 saturated heterocycles. The first-order valence-electron chi connectivity index (χ1n) is 9.15. The lowest BCUT2D eigenvalue weighted by atomic mass is 10.2. The number of nitrogens with zero attached hydrogens (tertiary/aromatic N) is 3.